The SMILES string of the molecule is C=CC(=C)SC(=C)/C=C(\SCSc1c(-c2ccccc2)cccc1-c1ccccc1)c1c(-c2ccccc2)cccc1-c1ccccc1. The molecule has 0 unspecified atom stereocenters. The van der Waals surface area contributed by atoms with E-state index in [1.165, 1.54) is 55.0 Å². The summed E-state index contributed by atoms with van der Waals surface area (Å²) >= 11 is 5.29. The highest BCUT2D eigenvalue weighted by Crippen LogP contribution is 2.47. The van der Waals surface area contributed by atoms with Crippen molar-refractivity contribution in [3.63, 3.8) is 0 Å². The Morgan fingerprint density at radius 1 is 0.479 bits per heavy atom. The quantitative estimate of drug-likeness (QED) is 0.0681. The molecule has 0 nitrogen and oxygen atoms in total. The molecule has 3 heteroatoms. The second kappa shape index (κ2) is 16.4. The largest absolute Gasteiger partial charge is 0.114 e. The van der Waals surface area contributed by atoms with Gasteiger partial charge >= 0.3 is 0 Å². The van der Waals surface area contributed by atoms with E-state index in [2.05, 4.69) is 184 Å². The van der Waals surface area contributed by atoms with E-state index in [-0.39, 0.29) is 0 Å². The highest BCUT2D eigenvalue weighted by molar-refractivity contribution is 8.20. The van der Waals surface area contributed by atoms with E-state index in [0.717, 1.165) is 19.8 Å². The number of thioether (sulfide) groups is 3. The number of allylic oxidation sites excluding steroid dienone is 2. The first kappa shape index (κ1) is 33.2. The van der Waals surface area contributed by atoms with Gasteiger partial charge in [-0.1, -0.05) is 195 Å². The van der Waals surface area contributed by atoms with Crippen molar-refractivity contribution in [2.45, 2.75) is 4.90 Å². The maximum absolute atomic E-state index is 4.44. The molecule has 0 aliphatic rings. The molecule has 0 aliphatic heterocycles. The van der Waals surface area contributed by atoms with E-state index in [1.807, 2.05) is 23.5 Å². The summed E-state index contributed by atoms with van der Waals surface area (Å²) in [7, 11) is 0. The summed E-state index contributed by atoms with van der Waals surface area (Å²) in [5, 5.41) is 0.799. The average Bonchev–Trinajstić information content (AvgIpc) is 3.15. The highest BCUT2D eigenvalue weighted by Gasteiger charge is 2.19. The van der Waals surface area contributed by atoms with Gasteiger partial charge < -0.3 is 0 Å². The molecule has 0 N–H and O–H groups in total. The minimum absolute atomic E-state index is 0.799. The lowest BCUT2D eigenvalue weighted by Crippen LogP contribution is -1.94. The van der Waals surface area contributed by atoms with Crippen molar-refractivity contribution in [3.8, 4) is 44.5 Å². The van der Waals surface area contributed by atoms with Crippen LogP contribution in [0.4, 0.5) is 0 Å². The average molecular weight is 673 g/mol. The first-order valence-electron chi connectivity index (χ1n) is 15.8. The predicted octanol–water partition coefficient (Wildman–Crippen LogP) is 14.1. The summed E-state index contributed by atoms with van der Waals surface area (Å²) in [5.74, 6) is 0. The molecule has 0 saturated heterocycles. The van der Waals surface area contributed by atoms with Crippen LogP contribution in [0.25, 0.3) is 49.4 Å². The molecule has 0 aliphatic carbocycles. The van der Waals surface area contributed by atoms with Crippen molar-refractivity contribution in [3.05, 3.63) is 205 Å². The number of benzene rings is 6. The second-order valence-electron chi connectivity index (χ2n) is 11.0. The van der Waals surface area contributed by atoms with Crippen molar-refractivity contribution >= 4 is 40.2 Å². The molecular formula is C45H36S3. The Labute approximate surface area is 298 Å². The van der Waals surface area contributed by atoms with Crippen molar-refractivity contribution in [1.82, 2.24) is 0 Å². The van der Waals surface area contributed by atoms with Gasteiger partial charge in [-0.15, -0.1) is 23.5 Å². The summed E-state index contributed by atoms with van der Waals surface area (Å²) in [6, 6.07) is 56.0. The zero-order chi connectivity index (χ0) is 33.1. The Hall–Kier alpha value is -4.67. The van der Waals surface area contributed by atoms with Gasteiger partial charge in [0.15, 0.2) is 0 Å². The molecule has 6 rings (SSSR count). The number of rotatable bonds is 13. The Kier molecular flexibility index (Phi) is 11.4. The number of hydrogen-bond acceptors (Lipinski definition) is 3. The third-order valence-electron chi connectivity index (χ3n) is 7.86. The van der Waals surface area contributed by atoms with Crippen LogP contribution in [-0.4, -0.2) is 5.08 Å². The van der Waals surface area contributed by atoms with Crippen LogP contribution in [0.3, 0.4) is 0 Å². The Morgan fingerprint density at radius 3 is 1.29 bits per heavy atom. The molecule has 0 radical (unpaired) electrons. The summed E-state index contributed by atoms with van der Waals surface area (Å²) in [6.45, 7) is 12.5. The third-order valence-corrected chi connectivity index (χ3v) is 11.0. The van der Waals surface area contributed by atoms with Crippen molar-refractivity contribution in [1.29, 1.82) is 0 Å². The monoisotopic (exact) mass is 672 g/mol. The van der Waals surface area contributed by atoms with Crippen molar-refractivity contribution in [2.24, 2.45) is 0 Å². The topological polar surface area (TPSA) is 0 Å². The lowest BCUT2D eigenvalue weighted by Gasteiger charge is -2.20. The normalized spacial score (nSPS) is 11.2. The first-order chi connectivity index (χ1) is 23.6. The summed E-state index contributed by atoms with van der Waals surface area (Å²) < 4.78 is 0. The molecule has 0 atom stereocenters. The molecule has 0 spiro atoms. The fraction of sp³-hybridized carbons (Fsp3) is 0.0222. The predicted molar refractivity (Wildman–Crippen MR) is 217 cm³/mol. The minimum atomic E-state index is 0.799. The van der Waals surface area contributed by atoms with Crippen LogP contribution in [0.1, 0.15) is 5.56 Å². The van der Waals surface area contributed by atoms with Gasteiger partial charge in [0.2, 0.25) is 0 Å². The highest BCUT2D eigenvalue weighted by atomic mass is 32.2. The van der Waals surface area contributed by atoms with Gasteiger partial charge in [-0.25, -0.2) is 0 Å². The zero-order valence-electron chi connectivity index (χ0n) is 26.7. The summed E-state index contributed by atoms with van der Waals surface area (Å²) in [6.07, 6.45) is 4.01. The van der Waals surface area contributed by atoms with Gasteiger partial charge in [-0.05, 0) is 50.6 Å². The molecule has 0 aromatic heterocycles. The fourth-order valence-corrected chi connectivity index (χ4v) is 8.80. The van der Waals surface area contributed by atoms with Gasteiger partial charge in [0, 0.05) is 30.3 Å². The zero-order valence-corrected chi connectivity index (χ0v) is 29.2. The smallest absolute Gasteiger partial charge is 0.0487 e. The summed E-state index contributed by atoms with van der Waals surface area (Å²) in [4.78, 5) is 4.23. The maximum atomic E-state index is 4.44. The van der Waals surface area contributed by atoms with Crippen LogP contribution < -0.4 is 0 Å². The molecule has 0 heterocycles. The maximum Gasteiger partial charge on any atom is 0.0487 e. The first-order valence-corrected chi connectivity index (χ1v) is 18.5. The van der Waals surface area contributed by atoms with Crippen molar-refractivity contribution in [2.75, 3.05) is 5.08 Å². The molecule has 0 fully saturated rings. The number of hydrogen-bond donors (Lipinski definition) is 0. The van der Waals surface area contributed by atoms with Crippen LogP contribution in [0.2, 0.25) is 0 Å². The lowest BCUT2D eigenvalue weighted by atomic mass is 9.91. The van der Waals surface area contributed by atoms with Crippen molar-refractivity contribution < 1.29 is 0 Å². The molecule has 0 amide bonds. The van der Waals surface area contributed by atoms with E-state index in [9.17, 15) is 0 Å². The van der Waals surface area contributed by atoms with E-state index in [4.69, 9.17) is 0 Å². The van der Waals surface area contributed by atoms with Crippen LogP contribution in [0, 0.1) is 0 Å². The third kappa shape index (κ3) is 8.06. The standard InChI is InChI=1S/C45H36S3/c1-4-33(2)48-34(3)31-43(44-39(35-19-9-5-10-20-35)27-17-28-40(44)36-21-11-6-12-22-36)46-32-47-45-41(37-23-13-7-14-24-37)29-18-30-42(45)38-25-15-8-16-26-38/h4-31H,1-3,32H2/b43-31-. The molecule has 234 valence electrons. The second-order valence-corrected chi connectivity index (χ2v) is 14.6. The molecule has 48 heavy (non-hydrogen) atoms. The molecule has 0 bridgehead atoms. The van der Waals surface area contributed by atoms with E-state index in [0.29, 0.717) is 0 Å². The lowest BCUT2D eigenvalue weighted by molar-refractivity contribution is 1.43. The van der Waals surface area contributed by atoms with E-state index >= 15 is 0 Å². The molecular weight excluding hydrogens is 637 g/mol. The van der Waals surface area contributed by atoms with Gasteiger partial charge in [0.05, 0.1) is 0 Å². The van der Waals surface area contributed by atoms with Gasteiger partial charge in [0.25, 0.3) is 0 Å². The molecule has 6 aromatic rings. The Balaban J connectivity index is 1.46. The van der Waals surface area contributed by atoms with Crippen LogP contribution >= 0.6 is 35.3 Å². The molecule has 6 aromatic carbocycles. The minimum Gasteiger partial charge on any atom is -0.114 e. The Morgan fingerprint density at radius 2 is 0.875 bits per heavy atom. The van der Waals surface area contributed by atoms with E-state index in [1.54, 1.807) is 17.8 Å². The van der Waals surface area contributed by atoms with E-state index < -0.39 is 0 Å². The van der Waals surface area contributed by atoms with Gasteiger partial charge in [-0.2, -0.15) is 0 Å². The van der Waals surface area contributed by atoms with Crippen LogP contribution in [-0.2, 0) is 0 Å². The van der Waals surface area contributed by atoms with Crippen LogP contribution in [0.15, 0.2) is 204 Å². The molecule has 0 saturated carbocycles. The van der Waals surface area contributed by atoms with Gasteiger partial charge in [-0.3, -0.25) is 0 Å². The fourth-order valence-electron chi connectivity index (χ4n) is 5.64. The van der Waals surface area contributed by atoms with Gasteiger partial charge in [0.1, 0.15) is 0 Å². The Bertz CT molecular complexity index is 1930. The van der Waals surface area contributed by atoms with Crippen LogP contribution in [0.5, 0.6) is 0 Å². The summed E-state index contributed by atoms with van der Waals surface area (Å²) in [5.41, 5.74) is 10.9.